The maximum atomic E-state index is 12.5. The second kappa shape index (κ2) is 7.55. The van der Waals surface area contributed by atoms with Crippen LogP contribution in [0.1, 0.15) is 11.4 Å². The van der Waals surface area contributed by atoms with Crippen molar-refractivity contribution in [3.05, 3.63) is 77.4 Å². The van der Waals surface area contributed by atoms with Crippen LogP contribution in [0.2, 0.25) is 0 Å². The number of amides is 1. The van der Waals surface area contributed by atoms with E-state index in [4.69, 9.17) is 4.52 Å². The molecule has 27 heavy (non-hydrogen) atoms. The Morgan fingerprint density at radius 2 is 1.78 bits per heavy atom. The van der Waals surface area contributed by atoms with E-state index >= 15 is 0 Å². The summed E-state index contributed by atoms with van der Waals surface area (Å²) in [5.41, 5.74) is 3.94. The lowest BCUT2D eigenvalue weighted by molar-refractivity contribution is -0.115. The molecule has 0 saturated heterocycles. The number of benzene rings is 2. The molecule has 4 aromatic rings. The Bertz CT molecular complexity index is 1050. The van der Waals surface area contributed by atoms with Gasteiger partial charge in [-0.3, -0.25) is 4.79 Å². The Kier molecular flexibility index (Phi) is 4.80. The summed E-state index contributed by atoms with van der Waals surface area (Å²) >= 11 is 1.45. The standard InChI is InChI=1S/C21H17N3O2S/c1-14-22-21(26-24-14)20-18(11-12-27-20)23-19(25)13-15-7-9-17(10-8-15)16-5-3-2-4-6-16/h2-12H,13H2,1H3,(H,23,25). The van der Waals surface area contributed by atoms with Gasteiger partial charge in [0.25, 0.3) is 5.89 Å². The first kappa shape index (κ1) is 17.2. The summed E-state index contributed by atoms with van der Waals surface area (Å²) in [6.07, 6.45) is 0.299. The van der Waals surface area contributed by atoms with E-state index in [9.17, 15) is 4.79 Å². The third-order valence-corrected chi connectivity index (χ3v) is 4.99. The molecular weight excluding hydrogens is 358 g/mol. The molecule has 0 atom stereocenters. The molecule has 0 aliphatic rings. The Morgan fingerprint density at radius 1 is 1.04 bits per heavy atom. The normalized spacial score (nSPS) is 10.7. The highest BCUT2D eigenvalue weighted by Gasteiger charge is 2.15. The molecule has 4 rings (SSSR count). The molecule has 0 unspecified atom stereocenters. The summed E-state index contributed by atoms with van der Waals surface area (Å²) in [4.78, 5) is 17.4. The number of hydrogen-bond acceptors (Lipinski definition) is 5. The summed E-state index contributed by atoms with van der Waals surface area (Å²) in [6, 6.07) is 20.0. The second-order valence-corrected chi connectivity index (χ2v) is 7.01. The smallest absolute Gasteiger partial charge is 0.270 e. The lowest BCUT2D eigenvalue weighted by atomic mass is 10.0. The van der Waals surface area contributed by atoms with E-state index in [2.05, 4.69) is 27.6 Å². The topological polar surface area (TPSA) is 68.0 Å². The van der Waals surface area contributed by atoms with Crippen molar-refractivity contribution < 1.29 is 9.32 Å². The van der Waals surface area contributed by atoms with Crippen molar-refractivity contribution >= 4 is 22.9 Å². The third-order valence-electron chi connectivity index (χ3n) is 4.09. The molecule has 0 fully saturated rings. The molecule has 5 nitrogen and oxygen atoms in total. The maximum Gasteiger partial charge on any atom is 0.270 e. The number of aromatic nitrogens is 2. The van der Waals surface area contributed by atoms with E-state index in [0.29, 0.717) is 23.8 Å². The summed E-state index contributed by atoms with van der Waals surface area (Å²) in [5.74, 6) is 0.901. The van der Waals surface area contributed by atoms with Crippen LogP contribution in [0.4, 0.5) is 5.69 Å². The van der Waals surface area contributed by atoms with Crippen LogP contribution in [0.3, 0.4) is 0 Å². The van der Waals surface area contributed by atoms with Crippen molar-refractivity contribution in [1.29, 1.82) is 0 Å². The van der Waals surface area contributed by atoms with Crippen molar-refractivity contribution in [3.8, 4) is 21.9 Å². The number of nitrogens with one attached hydrogen (secondary N) is 1. The summed E-state index contributed by atoms with van der Waals surface area (Å²) < 4.78 is 5.20. The van der Waals surface area contributed by atoms with Crippen LogP contribution in [0, 0.1) is 6.92 Å². The number of carbonyl (C=O) groups excluding carboxylic acids is 1. The van der Waals surface area contributed by atoms with Gasteiger partial charge < -0.3 is 9.84 Å². The van der Waals surface area contributed by atoms with Gasteiger partial charge in [0, 0.05) is 0 Å². The highest BCUT2D eigenvalue weighted by molar-refractivity contribution is 7.14. The largest absolute Gasteiger partial charge is 0.333 e. The van der Waals surface area contributed by atoms with Gasteiger partial charge in [0.2, 0.25) is 5.91 Å². The minimum Gasteiger partial charge on any atom is -0.333 e. The Hall–Kier alpha value is -3.25. The van der Waals surface area contributed by atoms with E-state index in [0.717, 1.165) is 21.6 Å². The van der Waals surface area contributed by atoms with E-state index < -0.39 is 0 Å². The number of aryl methyl sites for hydroxylation is 1. The molecule has 1 N–H and O–H groups in total. The fraction of sp³-hybridized carbons (Fsp3) is 0.0952. The van der Waals surface area contributed by atoms with E-state index in [1.165, 1.54) is 11.3 Å². The van der Waals surface area contributed by atoms with Crippen LogP contribution in [0.25, 0.3) is 21.9 Å². The molecule has 0 saturated carbocycles. The zero-order valence-corrected chi connectivity index (χ0v) is 15.5. The van der Waals surface area contributed by atoms with Crippen LogP contribution in [0.5, 0.6) is 0 Å². The first-order valence-electron chi connectivity index (χ1n) is 8.51. The molecule has 0 aliphatic heterocycles. The molecule has 2 aromatic carbocycles. The monoisotopic (exact) mass is 375 g/mol. The number of carbonyl (C=O) groups is 1. The molecule has 2 heterocycles. The van der Waals surface area contributed by atoms with E-state index in [-0.39, 0.29) is 5.91 Å². The van der Waals surface area contributed by atoms with Crippen LogP contribution >= 0.6 is 11.3 Å². The number of hydrogen-bond donors (Lipinski definition) is 1. The fourth-order valence-electron chi connectivity index (χ4n) is 2.79. The van der Waals surface area contributed by atoms with Gasteiger partial charge in [0.15, 0.2) is 5.82 Å². The number of anilines is 1. The Balaban J connectivity index is 1.44. The third kappa shape index (κ3) is 3.96. The van der Waals surface area contributed by atoms with Crippen LogP contribution < -0.4 is 5.32 Å². The highest BCUT2D eigenvalue weighted by atomic mass is 32.1. The van der Waals surface area contributed by atoms with Gasteiger partial charge in [-0.1, -0.05) is 59.8 Å². The van der Waals surface area contributed by atoms with Crippen LogP contribution in [-0.2, 0) is 11.2 Å². The predicted octanol–water partition coefficient (Wildman–Crippen LogP) is 4.95. The van der Waals surface area contributed by atoms with Gasteiger partial charge in [0.05, 0.1) is 12.1 Å². The Morgan fingerprint density at radius 3 is 2.48 bits per heavy atom. The lowest BCUT2D eigenvalue weighted by Gasteiger charge is -2.06. The first-order chi connectivity index (χ1) is 13.2. The minimum absolute atomic E-state index is 0.0849. The van der Waals surface area contributed by atoms with Gasteiger partial charge in [-0.2, -0.15) is 4.98 Å². The van der Waals surface area contributed by atoms with E-state index in [1.807, 2.05) is 53.9 Å². The van der Waals surface area contributed by atoms with Crippen molar-refractivity contribution in [2.75, 3.05) is 5.32 Å². The molecule has 2 aromatic heterocycles. The summed E-state index contributed by atoms with van der Waals surface area (Å²) in [6.45, 7) is 1.76. The molecule has 134 valence electrons. The van der Waals surface area contributed by atoms with E-state index in [1.54, 1.807) is 6.92 Å². The number of nitrogens with zero attached hydrogens (tertiary/aromatic N) is 2. The van der Waals surface area contributed by atoms with Gasteiger partial charge >= 0.3 is 0 Å². The van der Waals surface area contributed by atoms with Gasteiger partial charge in [-0.25, -0.2) is 0 Å². The van der Waals surface area contributed by atoms with Gasteiger partial charge in [-0.15, -0.1) is 11.3 Å². The SMILES string of the molecule is Cc1noc(-c2sccc2NC(=O)Cc2ccc(-c3ccccc3)cc2)n1. The predicted molar refractivity (Wildman–Crippen MR) is 107 cm³/mol. The molecular formula is C21H17N3O2S. The van der Waals surface area contributed by atoms with Gasteiger partial charge in [-0.05, 0) is 35.1 Å². The van der Waals surface area contributed by atoms with Crippen molar-refractivity contribution in [2.24, 2.45) is 0 Å². The average Bonchev–Trinajstić information content (AvgIpc) is 3.31. The molecule has 0 radical (unpaired) electrons. The zero-order chi connectivity index (χ0) is 18.6. The Labute approximate surface area is 160 Å². The molecule has 0 bridgehead atoms. The molecule has 1 amide bonds. The van der Waals surface area contributed by atoms with Crippen molar-refractivity contribution in [1.82, 2.24) is 10.1 Å². The minimum atomic E-state index is -0.0849. The summed E-state index contributed by atoms with van der Waals surface area (Å²) in [5, 5.41) is 8.63. The first-order valence-corrected chi connectivity index (χ1v) is 9.39. The maximum absolute atomic E-state index is 12.5. The zero-order valence-electron chi connectivity index (χ0n) is 14.7. The lowest BCUT2D eigenvalue weighted by Crippen LogP contribution is -2.14. The fourth-order valence-corrected chi connectivity index (χ4v) is 3.56. The molecule has 0 aliphatic carbocycles. The van der Waals surface area contributed by atoms with Crippen LogP contribution in [-0.4, -0.2) is 16.0 Å². The van der Waals surface area contributed by atoms with Crippen molar-refractivity contribution in [2.45, 2.75) is 13.3 Å². The summed E-state index contributed by atoms with van der Waals surface area (Å²) in [7, 11) is 0. The average molecular weight is 375 g/mol. The highest BCUT2D eigenvalue weighted by Crippen LogP contribution is 2.32. The quantitative estimate of drug-likeness (QED) is 0.536. The number of thiophene rings is 1. The second-order valence-electron chi connectivity index (χ2n) is 6.10. The molecule has 0 spiro atoms. The van der Waals surface area contributed by atoms with Crippen molar-refractivity contribution in [3.63, 3.8) is 0 Å². The van der Waals surface area contributed by atoms with Crippen LogP contribution in [0.15, 0.2) is 70.6 Å². The number of rotatable bonds is 5. The van der Waals surface area contributed by atoms with Gasteiger partial charge in [0.1, 0.15) is 4.88 Å². The molecule has 6 heteroatoms.